The van der Waals surface area contributed by atoms with Crippen LogP contribution in [0.2, 0.25) is 0 Å². The summed E-state index contributed by atoms with van der Waals surface area (Å²) in [5.41, 5.74) is 2.31. The van der Waals surface area contributed by atoms with Gasteiger partial charge in [-0.05, 0) is 47.5 Å². The van der Waals surface area contributed by atoms with Gasteiger partial charge in [0.05, 0.1) is 0 Å². The molecule has 0 saturated heterocycles. The maximum absolute atomic E-state index is 5.75. The summed E-state index contributed by atoms with van der Waals surface area (Å²) in [6, 6.07) is 22.7. The minimum atomic E-state index is 0.460. The fraction of sp³-hybridized carbons (Fsp3) is 0.111. The maximum atomic E-state index is 5.75. The van der Waals surface area contributed by atoms with Gasteiger partial charge in [0.1, 0.15) is 5.75 Å². The summed E-state index contributed by atoms with van der Waals surface area (Å²) in [6.07, 6.45) is 0. The highest BCUT2D eigenvalue weighted by Crippen LogP contribution is 2.20. The predicted molar refractivity (Wildman–Crippen MR) is 84.2 cm³/mol. The first kappa shape index (κ1) is 12.5. The normalized spacial score (nSPS) is 10.4. The van der Waals surface area contributed by atoms with Crippen LogP contribution in [-0.4, -0.2) is 6.73 Å². The molecule has 0 aromatic heterocycles. The van der Waals surface area contributed by atoms with Crippen LogP contribution in [0.3, 0.4) is 0 Å². The molecule has 0 fully saturated rings. The van der Waals surface area contributed by atoms with E-state index in [1.54, 1.807) is 0 Å². The summed E-state index contributed by atoms with van der Waals surface area (Å²) in [5.74, 6) is 0.879. The molecule has 0 aliphatic carbocycles. The lowest BCUT2D eigenvalue weighted by Crippen LogP contribution is -2.08. The van der Waals surface area contributed by atoms with Crippen molar-refractivity contribution in [2.75, 3.05) is 12.0 Å². The molecular weight excluding hydrogens is 246 g/mol. The van der Waals surface area contributed by atoms with Crippen LogP contribution in [0.25, 0.3) is 10.8 Å². The smallest absolute Gasteiger partial charge is 0.159 e. The van der Waals surface area contributed by atoms with Crippen molar-refractivity contribution in [2.45, 2.75) is 6.92 Å². The third-order valence-corrected chi connectivity index (χ3v) is 3.25. The second-order valence-corrected chi connectivity index (χ2v) is 4.84. The monoisotopic (exact) mass is 263 g/mol. The van der Waals surface area contributed by atoms with Crippen molar-refractivity contribution in [3.63, 3.8) is 0 Å². The van der Waals surface area contributed by atoms with E-state index in [0.717, 1.165) is 11.4 Å². The fourth-order valence-corrected chi connectivity index (χ4v) is 2.21. The zero-order chi connectivity index (χ0) is 13.8. The molecule has 0 radical (unpaired) electrons. The Bertz CT molecular complexity index is 721. The average molecular weight is 263 g/mol. The van der Waals surface area contributed by atoms with E-state index in [-0.39, 0.29) is 0 Å². The Hall–Kier alpha value is -2.48. The van der Waals surface area contributed by atoms with Gasteiger partial charge in [-0.15, -0.1) is 0 Å². The van der Waals surface area contributed by atoms with Crippen LogP contribution in [0.15, 0.2) is 66.7 Å². The van der Waals surface area contributed by atoms with E-state index in [2.05, 4.69) is 48.6 Å². The molecule has 0 atom stereocenters. The summed E-state index contributed by atoms with van der Waals surface area (Å²) >= 11 is 0. The average Bonchev–Trinajstić information content (AvgIpc) is 2.47. The van der Waals surface area contributed by atoms with Gasteiger partial charge in [-0.1, -0.05) is 42.5 Å². The number of ether oxygens (including phenoxy) is 1. The van der Waals surface area contributed by atoms with Crippen molar-refractivity contribution >= 4 is 16.5 Å². The molecule has 1 N–H and O–H groups in total. The molecule has 3 rings (SSSR count). The molecule has 2 nitrogen and oxygen atoms in total. The predicted octanol–water partition coefficient (Wildman–Crippen LogP) is 4.60. The fourth-order valence-electron chi connectivity index (χ4n) is 2.21. The van der Waals surface area contributed by atoms with Crippen LogP contribution in [-0.2, 0) is 0 Å². The second-order valence-electron chi connectivity index (χ2n) is 4.84. The molecular formula is C18H17NO. The molecule has 0 amide bonds. The molecule has 3 aromatic rings. The summed E-state index contributed by atoms with van der Waals surface area (Å²) in [5, 5.41) is 5.68. The summed E-state index contributed by atoms with van der Waals surface area (Å²) in [4.78, 5) is 0. The molecule has 100 valence electrons. The minimum absolute atomic E-state index is 0.460. The highest BCUT2D eigenvalue weighted by Gasteiger charge is 1.97. The summed E-state index contributed by atoms with van der Waals surface area (Å²) in [7, 11) is 0. The van der Waals surface area contributed by atoms with Crippen molar-refractivity contribution in [3.8, 4) is 5.75 Å². The Morgan fingerprint density at radius 2 is 1.70 bits per heavy atom. The lowest BCUT2D eigenvalue weighted by Gasteiger charge is -2.10. The van der Waals surface area contributed by atoms with Crippen molar-refractivity contribution in [2.24, 2.45) is 0 Å². The number of nitrogens with one attached hydrogen (secondary N) is 1. The van der Waals surface area contributed by atoms with Crippen LogP contribution in [0.4, 0.5) is 5.69 Å². The van der Waals surface area contributed by atoms with E-state index < -0.39 is 0 Å². The van der Waals surface area contributed by atoms with Crippen LogP contribution >= 0.6 is 0 Å². The van der Waals surface area contributed by atoms with Gasteiger partial charge >= 0.3 is 0 Å². The van der Waals surface area contributed by atoms with Crippen molar-refractivity contribution in [1.29, 1.82) is 0 Å². The molecule has 0 aliphatic heterocycles. The third-order valence-electron chi connectivity index (χ3n) is 3.25. The molecule has 0 aliphatic rings. The molecule has 0 heterocycles. The molecule has 2 heteroatoms. The summed E-state index contributed by atoms with van der Waals surface area (Å²) in [6.45, 7) is 2.54. The van der Waals surface area contributed by atoms with Gasteiger partial charge in [-0.3, -0.25) is 0 Å². The molecule has 0 unspecified atom stereocenters. The number of anilines is 1. The zero-order valence-electron chi connectivity index (χ0n) is 11.5. The van der Waals surface area contributed by atoms with E-state index in [4.69, 9.17) is 4.74 Å². The van der Waals surface area contributed by atoms with Gasteiger partial charge in [0.25, 0.3) is 0 Å². The highest BCUT2D eigenvalue weighted by molar-refractivity contribution is 5.83. The van der Waals surface area contributed by atoms with Gasteiger partial charge in [-0.2, -0.15) is 0 Å². The van der Waals surface area contributed by atoms with Crippen molar-refractivity contribution < 1.29 is 4.74 Å². The number of fused-ring (bicyclic) bond motifs is 1. The number of hydrogen-bond acceptors (Lipinski definition) is 2. The van der Waals surface area contributed by atoms with Crippen molar-refractivity contribution in [1.82, 2.24) is 0 Å². The van der Waals surface area contributed by atoms with Crippen molar-refractivity contribution in [3.05, 3.63) is 72.3 Å². The maximum Gasteiger partial charge on any atom is 0.159 e. The molecule has 3 aromatic carbocycles. The molecule has 0 bridgehead atoms. The molecule has 20 heavy (non-hydrogen) atoms. The topological polar surface area (TPSA) is 21.3 Å². The number of benzene rings is 3. The van der Waals surface area contributed by atoms with Gasteiger partial charge < -0.3 is 10.1 Å². The second kappa shape index (κ2) is 5.66. The number of hydrogen-bond donors (Lipinski definition) is 1. The van der Waals surface area contributed by atoms with Crippen LogP contribution < -0.4 is 10.1 Å². The Balaban J connectivity index is 1.65. The van der Waals surface area contributed by atoms with Gasteiger partial charge in [0, 0.05) is 5.69 Å². The van der Waals surface area contributed by atoms with E-state index in [9.17, 15) is 0 Å². The van der Waals surface area contributed by atoms with Crippen LogP contribution in [0, 0.1) is 6.92 Å². The van der Waals surface area contributed by atoms with E-state index in [1.165, 1.54) is 16.3 Å². The minimum Gasteiger partial charge on any atom is -0.473 e. The Morgan fingerprint density at radius 1 is 0.850 bits per heavy atom. The Morgan fingerprint density at radius 3 is 2.55 bits per heavy atom. The number of aryl methyl sites for hydroxylation is 1. The first-order chi connectivity index (χ1) is 9.81. The van der Waals surface area contributed by atoms with Gasteiger partial charge in [-0.25, -0.2) is 0 Å². The zero-order valence-corrected chi connectivity index (χ0v) is 11.5. The summed E-state index contributed by atoms with van der Waals surface area (Å²) < 4.78 is 5.75. The first-order valence-electron chi connectivity index (χ1n) is 6.73. The lowest BCUT2D eigenvalue weighted by molar-refractivity contribution is 0.347. The van der Waals surface area contributed by atoms with E-state index >= 15 is 0 Å². The van der Waals surface area contributed by atoms with E-state index in [0.29, 0.717) is 6.73 Å². The SMILES string of the molecule is Cc1cccc(NCOc2ccc3ccccc3c2)c1. The molecule has 0 saturated carbocycles. The van der Waals surface area contributed by atoms with Crippen LogP contribution in [0.5, 0.6) is 5.75 Å². The first-order valence-corrected chi connectivity index (χ1v) is 6.73. The largest absolute Gasteiger partial charge is 0.473 e. The number of rotatable bonds is 4. The molecule has 0 spiro atoms. The highest BCUT2D eigenvalue weighted by atomic mass is 16.5. The Kier molecular flexibility index (Phi) is 3.55. The van der Waals surface area contributed by atoms with E-state index in [1.807, 2.05) is 30.3 Å². The van der Waals surface area contributed by atoms with Gasteiger partial charge in [0.2, 0.25) is 0 Å². The quantitative estimate of drug-likeness (QED) is 0.695. The lowest BCUT2D eigenvalue weighted by atomic mass is 10.1. The van der Waals surface area contributed by atoms with Crippen LogP contribution in [0.1, 0.15) is 5.56 Å². The third kappa shape index (κ3) is 2.91. The standard InChI is InChI=1S/C18H17NO/c1-14-5-4-8-17(11-14)19-13-20-18-10-9-15-6-2-3-7-16(15)12-18/h2-12,19H,13H2,1H3. The van der Waals surface area contributed by atoms with Gasteiger partial charge in [0.15, 0.2) is 6.73 Å². The Labute approximate surface area is 119 Å².